The Morgan fingerprint density at radius 3 is 3.04 bits per heavy atom. The summed E-state index contributed by atoms with van der Waals surface area (Å²) in [6.45, 7) is 1.28. The summed E-state index contributed by atoms with van der Waals surface area (Å²) in [6, 6.07) is 8.04. The highest BCUT2D eigenvalue weighted by Crippen LogP contribution is 2.24. The van der Waals surface area contributed by atoms with E-state index >= 15 is 0 Å². The summed E-state index contributed by atoms with van der Waals surface area (Å²) in [5.41, 5.74) is 2.64. The zero-order chi connectivity index (χ0) is 17.4. The van der Waals surface area contributed by atoms with Gasteiger partial charge in [-0.15, -0.1) is 0 Å². The minimum absolute atomic E-state index is 0.121. The molecule has 25 heavy (non-hydrogen) atoms. The highest BCUT2D eigenvalue weighted by molar-refractivity contribution is 5.96. The summed E-state index contributed by atoms with van der Waals surface area (Å²) in [7, 11) is 1.86. The van der Waals surface area contributed by atoms with Crippen molar-refractivity contribution in [1.82, 2.24) is 19.4 Å². The molecule has 0 bridgehead atoms. The molecular weight excluding hydrogens is 323 g/mol. The minimum atomic E-state index is -0.333. The number of amides is 1. The average molecular weight is 340 g/mol. The summed E-state index contributed by atoms with van der Waals surface area (Å²) in [5.74, 6) is -0.431. The monoisotopic (exact) mass is 340 g/mol. The number of fused-ring (bicyclic) bond motifs is 1. The molecule has 6 nitrogen and oxygen atoms in total. The molecule has 0 spiro atoms. The third-order valence-corrected chi connectivity index (χ3v) is 4.37. The first-order valence-electron chi connectivity index (χ1n) is 8.05. The van der Waals surface area contributed by atoms with Crippen LogP contribution in [0.25, 0.3) is 11.2 Å². The van der Waals surface area contributed by atoms with E-state index in [2.05, 4.69) is 9.97 Å². The number of carbonyl (C=O) groups excluding carboxylic acids is 1. The maximum absolute atomic E-state index is 13.4. The number of benzene rings is 1. The standard InChI is InChI=1S/C18H17FN4O2/c1-22-11-21-15-8-13(9-20-17(15)22)18(24)23-5-6-25-16(10-23)12-3-2-4-14(19)7-12/h2-4,7-9,11,16H,5-6,10H2,1H3/t16-/m1/s1. The summed E-state index contributed by atoms with van der Waals surface area (Å²) < 4.78 is 21.0. The molecule has 1 aliphatic heterocycles. The van der Waals surface area contributed by atoms with Gasteiger partial charge >= 0.3 is 0 Å². The second-order valence-corrected chi connectivity index (χ2v) is 6.09. The summed E-state index contributed by atoms with van der Waals surface area (Å²) >= 11 is 0. The van der Waals surface area contributed by atoms with Gasteiger partial charge in [0.2, 0.25) is 0 Å². The van der Waals surface area contributed by atoms with E-state index in [-0.39, 0.29) is 17.8 Å². The maximum atomic E-state index is 13.4. The topological polar surface area (TPSA) is 60.2 Å². The Bertz CT molecular complexity index is 940. The van der Waals surface area contributed by atoms with Gasteiger partial charge in [0, 0.05) is 19.8 Å². The number of halogens is 1. The van der Waals surface area contributed by atoms with Crippen molar-refractivity contribution in [3.05, 3.63) is 59.8 Å². The van der Waals surface area contributed by atoms with Crippen LogP contribution in [0.2, 0.25) is 0 Å². The summed E-state index contributed by atoms with van der Waals surface area (Å²) in [6.07, 6.45) is 2.90. The van der Waals surface area contributed by atoms with E-state index in [1.807, 2.05) is 13.1 Å². The van der Waals surface area contributed by atoms with Gasteiger partial charge in [-0.2, -0.15) is 0 Å². The Kier molecular flexibility index (Phi) is 3.93. The molecule has 4 rings (SSSR count). The molecule has 1 fully saturated rings. The molecule has 1 atom stereocenters. The van der Waals surface area contributed by atoms with Gasteiger partial charge in [0.15, 0.2) is 5.65 Å². The molecule has 0 radical (unpaired) electrons. The molecule has 2 aromatic heterocycles. The van der Waals surface area contributed by atoms with Crippen LogP contribution in [0.5, 0.6) is 0 Å². The van der Waals surface area contributed by atoms with E-state index in [1.165, 1.54) is 12.1 Å². The van der Waals surface area contributed by atoms with E-state index in [0.29, 0.717) is 30.8 Å². The molecule has 128 valence electrons. The lowest BCUT2D eigenvalue weighted by Gasteiger charge is -2.33. The van der Waals surface area contributed by atoms with Gasteiger partial charge < -0.3 is 14.2 Å². The molecule has 3 heterocycles. The lowest BCUT2D eigenvalue weighted by Crippen LogP contribution is -2.42. The second kappa shape index (κ2) is 6.25. The number of aromatic nitrogens is 3. The number of rotatable bonds is 2. The van der Waals surface area contributed by atoms with Crippen LogP contribution in [-0.2, 0) is 11.8 Å². The van der Waals surface area contributed by atoms with Gasteiger partial charge in [-0.05, 0) is 23.8 Å². The highest BCUT2D eigenvalue weighted by atomic mass is 19.1. The third kappa shape index (κ3) is 2.98. The fourth-order valence-corrected chi connectivity index (χ4v) is 3.06. The Balaban J connectivity index is 1.56. The normalized spacial score (nSPS) is 17.8. The Morgan fingerprint density at radius 2 is 2.20 bits per heavy atom. The van der Waals surface area contributed by atoms with Gasteiger partial charge in [-0.1, -0.05) is 12.1 Å². The third-order valence-electron chi connectivity index (χ3n) is 4.37. The van der Waals surface area contributed by atoms with Crippen LogP contribution in [0.15, 0.2) is 42.9 Å². The van der Waals surface area contributed by atoms with Gasteiger partial charge in [0.1, 0.15) is 17.4 Å². The molecular formula is C18H17FN4O2. The van der Waals surface area contributed by atoms with Crippen molar-refractivity contribution in [3.8, 4) is 0 Å². The fourth-order valence-electron chi connectivity index (χ4n) is 3.06. The largest absolute Gasteiger partial charge is 0.370 e. The van der Waals surface area contributed by atoms with Crippen LogP contribution < -0.4 is 0 Å². The molecule has 1 saturated heterocycles. The Labute approximate surface area is 143 Å². The van der Waals surface area contributed by atoms with Crippen molar-refractivity contribution in [2.24, 2.45) is 7.05 Å². The minimum Gasteiger partial charge on any atom is -0.370 e. The number of carbonyl (C=O) groups is 1. The zero-order valence-corrected chi connectivity index (χ0v) is 13.7. The number of ether oxygens (including phenoxy) is 1. The van der Waals surface area contributed by atoms with Crippen molar-refractivity contribution in [2.75, 3.05) is 19.7 Å². The Morgan fingerprint density at radius 1 is 1.32 bits per heavy atom. The lowest BCUT2D eigenvalue weighted by molar-refractivity contribution is -0.0229. The number of imidazole rings is 1. The molecule has 0 N–H and O–H groups in total. The first kappa shape index (κ1) is 15.7. The van der Waals surface area contributed by atoms with E-state index in [4.69, 9.17) is 4.74 Å². The molecule has 3 aromatic rings. The van der Waals surface area contributed by atoms with Crippen LogP contribution >= 0.6 is 0 Å². The van der Waals surface area contributed by atoms with E-state index in [9.17, 15) is 9.18 Å². The molecule has 0 unspecified atom stereocenters. The van der Waals surface area contributed by atoms with Crippen LogP contribution in [0.3, 0.4) is 0 Å². The molecule has 1 aromatic carbocycles. The molecule has 0 saturated carbocycles. The van der Waals surface area contributed by atoms with Crippen molar-refractivity contribution < 1.29 is 13.9 Å². The quantitative estimate of drug-likeness (QED) is 0.718. The van der Waals surface area contributed by atoms with Crippen LogP contribution in [0.4, 0.5) is 4.39 Å². The average Bonchev–Trinajstić information content (AvgIpc) is 3.02. The van der Waals surface area contributed by atoms with Gasteiger partial charge in [-0.25, -0.2) is 14.4 Å². The Hall–Kier alpha value is -2.80. The smallest absolute Gasteiger partial charge is 0.255 e. The number of hydrogen-bond acceptors (Lipinski definition) is 4. The van der Waals surface area contributed by atoms with Crippen LogP contribution in [-0.4, -0.2) is 45.0 Å². The van der Waals surface area contributed by atoms with Crippen LogP contribution in [0.1, 0.15) is 22.0 Å². The lowest BCUT2D eigenvalue weighted by atomic mass is 10.1. The maximum Gasteiger partial charge on any atom is 0.255 e. The predicted molar refractivity (Wildman–Crippen MR) is 89.5 cm³/mol. The van der Waals surface area contributed by atoms with E-state index in [1.54, 1.807) is 34.1 Å². The van der Waals surface area contributed by atoms with Crippen molar-refractivity contribution in [1.29, 1.82) is 0 Å². The zero-order valence-electron chi connectivity index (χ0n) is 13.7. The molecule has 0 aliphatic carbocycles. The number of hydrogen-bond donors (Lipinski definition) is 0. The molecule has 1 aliphatic rings. The molecule has 7 heteroatoms. The fraction of sp³-hybridized carbons (Fsp3) is 0.278. The van der Waals surface area contributed by atoms with E-state index in [0.717, 1.165) is 11.2 Å². The van der Waals surface area contributed by atoms with Gasteiger partial charge in [0.25, 0.3) is 5.91 Å². The van der Waals surface area contributed by atoms with Crippen LogP contribution in [0, 0.1) is 5.82 Å². The van der Waals surface area contributed by atoms with Crippen molar-refractivity contribution >= 4 is 17.1 Å². The summed E-state index contributed by atoms with van der Waals surface area (Å²) in [4.78, 5) is 23.1. The first-order chi connectivity index (χ1) is 12.1. The SMILES string of the molecule is Cn1cnc2cc(C(=O)N3CCO[C@@H](c4cccc(F)c4)C3)cnc21. The number of nitrogens with zero attached hydrogens (tertiary/aromatic N) is 4. The van der Waals surface area contributed by atoms with Gasteiger partial charge in [-0.3, -0.25) is 4.79 Å². The highest BCUT2D eigenvalue weighted by Gasteiger charge is 2.26. The van der Waals surface area contributed by atoms with Crippen molar-refractivity contribution in [2.45, 2.75) is 6.10 Å². The number of morpholine rings is 1. The van der Waals surface area contributed by atoms with E-state index < -0.39 is 0 Å². The van der Waals surface area contributed by atoms with Crippen molar-refractivity contribution in [3.63, 3.8) is 0 Å². The predicted octanol–water partition coefficient (Wildman–Crippen LogP) is 2.32. The van der Waals surface area contributed by atoms with Gasteiger partial charge in [0.05, 0.1) is 25.0 Å². The number of aryl methyl sites for hydroxylation is 1. The first-order valence-corrected chi connectivity index (χ1v) is 8.05. The number of pyridine rings is 1. The summed E-state index contributed by atoms with van der Waals surface area (Å²) in [5, 5.41) is 0. The second-order valence-electron chi connectivity index (χ2n) is 6.09. The molecule has 1 amide bonds.